The first-order valence-corrected chi connectivity index (χ1v) is 4.99. The van der Waals surface area contributed by atoms with Crippen LogP contribution in [-0.4, -0.2) is 38.3 Å². The molecule has 1 aromatic rings. The van der Waals surface area contributed by atoms with Crippen LogP contribution in [-0.2, 0) is 6.18 Å². The van der Waals surface area contributed by atoms with Crippen molar-refractivity contribution in [3.63, 3.8) is 0 Å². The Morgan fingerprint density at radius 1 is 1.31 bits per heavy atom. The molecule has 1 rings (SSSR count). The highest BCUT2D eigenvalue weighted by Crippen LogP contribution is 2.29. The van der Waals surface area contributed by atoms with Crippen LogP contribution in [0.2, 0.25) is 0 Å². The van der Waals surface area contributed by atoms with Crippen molar-refractivity contribution in [1.29, 1.82) is 0 Å². The van der Waals surface area contributed by atoms with Crippen molar-refractivity contribution in [2.75, 3.05) is 18.5 Å². The SMILES string of the molecule is CC(CO)(CO)Nc1nc(C(F)(F)F)ns1. The molecule has 3 N–H and O–H groups in total. The van der Waals surface area contributed by atoms with E-state index in [2.05, 4.69) is 14.7 Å². The first-order chi connectivity index (χ1) is 7.30. The number of halogens is 3. The molecule has 0 aliphatic heterocycles. The van der Waals surface area contributed by atoms with Crippen molar-refractivity contribution in [1.82, 2.24) is 9.36 Å². The molecule has 0 spiro atoms. The van der Waals surface area contributed by atoms with Gasteiger partial charge in [0, 0.05) is 11.5 Å². The number of hydrogen-bond donors (Lipinski definition) is 3. The van der Waals surface area contributed by atoms with Crippen molar-refractivity contribution in [2.45, 2.75) is 18.6 Å². The molecule has 0 amide bonds. The molecule has 0 aliphatic rings. The van der Waals surface area contributed by atoms with Gasteiger partial charge in [-0.05, 0) is 6.92 Å². The number of hydrogen-bond acceptors (Lipinski definition) is 6. The standard InChI is InChI=1S/C7H10F3N3O2S/c1-6(2-14,3-15)12-5-11-4(13-16-5)7(8,9)10/h14-15H,2-3H2,1H3,(H,11,12,13). The maximum absolute atomic E-state index is 12.2. The number of aromatic nitrogens is 2. The van der Waals surface area contributed by atoms with E-state index in [9.17, 15) is 13.2 Å². The van der Waals surface area contributed by atoms with E-state index in [4.69, 9.17) is 10.2 Å². The Morgan fingerprint density at radius 3 is 2.25 bits per heavy atom. The Bertz CT molecular complexity index is 351. The third-order valence-corrected chi connectivity index (χ3v) is 2.42. The summed E-state index contributed by atoms with van der Waals surface area (Å²) in [7, 11) is 0. The van der Waals surface area contributed by atoms with E-state index in [1.807, 2.05) is 0 Å². The summed E-state index contributed by atoms with van der Waals surface area (Å²) in [4.78, 5) is 3.21. The number of anilines is 1. The second-order valence-corrected chi connectivity index (χ2v) is 4.17. The fourth-order valence-electron chi connectivity index (χ4n) is 0.777. The summed E-state index contributed by atoms with van der Waals surface area (Å²) in [6, 6.07) is 0. The number of aliphatic hydroxyl groups is 2. The monoisotopic (exact) mass is 257 g/mol. The summed E-state index contributed by atoms with van der Waals surface area (Å²) in [5, 5.41) is 20.2. The van der Waals surface area contributed by atoms with Crippen molar-refractivity contribution in [3.05, 3.63) is 5.82 Å². The minimum absolute atomic E-state index is 0.0991. The molecule has 5 nitrogen and oxygen atoms in total. The zero-order valence-corrected chi connectivity index (χ0v) is 9.06. The van der Waals surface area contributed by atoms with E-state index in [0.717, 1.165) is 0 Å². The Labute approximate surface area is 93.1 Å². The van der Waals surface area contributed by atoms with Crippen LogP contribution in [0.1, 0.15) is 12.7 Å². The van der Waals surface area contributed by atoms with Gasteiger partial charge in [0.2, 0.25) is 11.0 Å². The largest absolute Gasteiger partial charge is 0.452 e. The quantitative estimate of drug-likeness (QED) is 0.740. The van der Waals surface area contributed by atoms with Crippen LogP contribution in [0.3, 0.4) is 0 Å². The Kier molecular flexibility index (Phi) is 3.71. The highest BCUT2D eigenvalue weighted by atomic mass is 32.1. The number of nitrogens with one attached hydrogen (secondary N) is 1. The van der Waals surface area contributed by atoms with E-state index in [1.165, 1.54) is 6.92 Å². The fourth-order valence-corrected chi connectivity index (χ4v) is 1.51. The van der Waals surface area contributed by atoms with E-state index in [0.29, 0.717) is 11.5 Å². The summed E-state index contributed by atoms with van der Waals surface area (Å²) < 4.78 is 39.6. The number of rotatable bonds is 4. The zero-order chi connectivity index (χ0) is 12.4. The van der Waals surface area contributed by atoms with Gasteiger partial charge < -0.3 is 15.5 Å². The average molecular weight is 257 g/mol. The lowest BCUT2D eigenvalue weighted by atomic mass is 10.1. The summed E-state index contributed by atoms with van der Waals surface area (Å²) in [6.45, 7) is 0.566. The number of alkyl halides is 3. The van der Waals surface area contributed by atoms with Crippen LogP contribution in [0.25, 0.3) is 0 Å². The lowest BCUT2D eigenvalue weighted by Crippen LogP contribution is -2.42. The lowest BCUT2D eigenvalue weighted by molar-refractivity contribution is -0.144. The molecule has 1 heterocycles. The summed E-state index contributed by atoms with van der Waals surface area (Å²) in [6.07, 6.45) is -4.59. The van der Waals surface area contributed by atoms with Crippen molar-refractivity contribution < 1.29 is 23.4 Å². The fraction of sp³-hybridized carbons (Fsp3) is 0.714. The third-order valence-electron chi connectivity index (χ3n) is 1.79. The minimum atomic E-state index is -4.59. The maximum Gasteiger partial charge on any atom is 0.452 e. The second kappa shape index (κ2) is 4.52. The zero-order valence-electron chi connectivity index (χ0n) is 8.25. The van der Waals surface area contributed by atoms with E-state index in [1.54, 1.807) is 0 Å². The molecule has 0 saturated carbocycles. The van der Waals surface area contributed by atoms with Crippen molar-refractivity contribution in [2.24, 2.45) is 0 Å². The van der Waals surface area contributed by atoms with Gasteiger partial charge in [-0.1, -0.05) is 0 Å². The van der Waals surface area contributed by atoms with Crippen LogP contribution in [0, 0.1) is 0 Å². The summed E-state index contributed by atoms with van der Waals surface area (Å²) in [5.74, 6) is -1.24. The van der Waals surface area contributed by atoms with Crippen LogP contribution >= 0.6 is 11.5 Å². The van der Waals surface area contributed by atoms with Crippen LogP contribution < -0.4 is 5.32 Å². The van der Waals surface area contributed by atoms with E-state index in [-0.39, 0.29) is 5.13 Å². The van der Waals surface area contributed by atoms with Gasteiger partial charge in [0.25, 0.3) is 0 Å². The summed E-state index contributed by atoms with van der Waals surface area (Å²) in [5.41, 5.74) is -1.12. The van der Waals surface area contributed by atoms with Crippen molar-refractivity contribution >= 4 is 16.7 Å². The Morgan fingerprint density at radius 2 is 1.88 bits per heavy atom. The normalized spacial score (nSPS) is 12.9. The van der Waals surface area contributed by atoms with Crippen LogP contribution in [0.4, 0.5) is 18.3 Å². The van der Waals surface area contributed by atoms with Gasteiger partial charge in [-0.15, -0.1) is 0 Å². The first kappa shape index (κ1) is 13.1. The molecular formula is C7H10F3N3O2S. The van der Waals surface area contributed by atoms with Gasteiger partial charge in [-0.3, -0.25) is 0 Å². The highest BCUT2D eigenvalue weighted by molar-refractivity contribution is 7.09. The molecule has 92 valence electrons. The molecule has 1 aromatic heterocycles. The molecule has 0 aromatic carbocycles. The molecule has 0 atom stereocenters. The van der Waals surface area contributed by atoms with E-state index >= 15 is 0 Å². The van der Waals surface area contributed by atoms with Gasteiger partial charge in [0.15, 0.2) is 0 Å². The predicted octanol–water partition coefficient (Wildman–Crippen LogP) is 0.712. The number of nitrogens with zero attached hydrogens (tertiary/aromatic N) is 2. The van der Waals surface area contributed by atoms with E-state index < -0.39 is 30.8 Å². The molecule has 0 aliphatic carbocycles. The van der Waals surface area contributed by atoms with Crippen LogP contribution in [0.5, 0.6) is 0 Å². The average Bonchev–Trinajstić information content (AvgIpc) is 2.65. The Hall–Kier alpha value is -0.930. The van der Waals surface area contributed by atoms with Crippen LogP contribution in [0.15, 0.2) is 0 Å². The summed E-state index contributed by atoms with van der Waals surface area (Å²) >= 11 is 0.520. The minimum Gasteiger partial charge on any atom is -0.394 e. The molecular weight excluding hydrogens is 247 g/mol. The molecule has 0 fully saturated rings. The van der Waals surface area contributed by atoms with Gasteiger partial charge >= 0.3 is 6.18 Å². The van der Waals surface area contributed by atoms with Gasteiger partial charge in [0.1, 0.15) is 0 Å². The second-order valence-electron chi connectivity index (χ2n) is 3.42. The molecule has 0 unspecified atom stereocenters. The molecule has 9 heteroatoms. The number of aliphatic hydroxyl groups excluding tert-OH is 2. The maximum atomic E-state index is 12.2. The molecule has 16 heavy (non-hydrogen) atoms. The lowest BCUT2D eigenvalue weighted by Gasteiger charge is -2.25. The topological polar surface area (TPSA) is 78.3 Å². The molecule has 0 radical (unpaired) electrons. The molecule has 0 bridgehead atoms. The highest BCUT2D eigenvalue weighted by Gasteiger charge is 2.36. The van der Waals surface area contributed by atoms with Crippen molar-refractivity contribution in [3.8, 4) is 0 Å². The molecule has 0 saturated heterocycles. The Balaban J connectivity index is 2.80. The predicted molar refractivity (Wildman–Crippen MR) is 51.1 cm³/mol. The van der Waals surface area contributed by atoms with Gasteiger partial charge in [-0.25, -0.2) is 0 Å². The first-order valence-electron chi connectivity index (χ1n) is 4.21. The smallest absolute Gasteiger partial charge is 0.394 e. The van der Waals surface area contributed by atoms with Gasteiger partial charge in [-0.2, -0.15) is 22.5 Å². The third kappa shape index (κ3) is 3.03. The van der Waals surface area contributed by atoms with Gasteiger partial charge in [0.05, 0.1) is 18.8 Å².